The summed E-state index contributed by atoms with van der Waals surface area (Å²) in [5.41, 5.74) is -0.454. The van der Waals surface area contributed by atoms with Crippen LogP contribution in [0, 0.1) is 41.4 Å². The van der Waals surface area contributed by atoms with Crippen molar-refractivity contribution >= 4 is 17.9 Å². The summed E-state index contributed by atoms with van der Waals surface area (Å²) in [5, 5.41) is 0. The van der Waals surface area contributed by atoms with E-state index in [2.05, 4.69) is 13.8 Å². The van der Waals surface area contributed by atoms with Crippen LogP contribution < -0.4 is 0 Å². The number of esters is 3. The Balaban J connectivity index is -0.00000181. The third kappa shape index (κ3) is 6.90. The van der Waals surface area contributed by atoms with Gasteiger partial charge in [0.1, 0.15) is 5.60 Å². The molecule has 5 aliphatic rings. The highest BCUT2D eigenvalue weighted by Gasteiger charge is 2.58. The number of unbranched alkanes of at least 4 members (excludes halogenated alkanes) is 1. The Bertz CT molecular complexity index is 674. The van der Waals surface area contributed by atoms with Gasteiger partial charge in [0.25, 0.3) is 0 Å². The number of hydrogen-bond acceptors (Lipinski definition) is 6. The molecule has 6 nitrogen and oxygen atoms in total. The minimum absolute atomic E-state index is 0. The number of carbonyl (C=O) groups excluding carboxylic acids is 3. The van der Waals surface area contributed by atoms with Gasteiger partial charge in [0.15, 0.2) is 0 Å². The highest BCUT2D eigenvalue weighted by Crippen LogP contribution is 2.59. The molecule has 1 saturated heterocycles. The molecule has 5 rings (SSSR count). The standard InChI is InChI=1S/C24H36O6.6CH4/c1-5-6-7-28-14(3)20-19(22(26)29-23(20)27)13(2)21(25)30-24(4)17-9-15-8-16(11-17)12-18(24)10-15;;;;;;/h13-20H,5-12H2,1-4H3;6*1H4. The first kappa shape index (κ1) is 39.1. The van der Waals surface area contributed by atoms with Crippen molar-refractivity contribution in [1.82, 2.24) is 0 Å². The lowest BCUT2D eigenvalue weighted by Crippen LogP contribution is -2.58. The predicted molar refractivity (Wildman–Crippen MR) is 149 cm³/mol. The van der Waals surface area contributed by atoms with Gasteiger partial charge in [-0.2, -0.15) is 0 Å². The van der Waals surface area contributed by atoms with Gasteiger partial charge in [0.2, 0.25) is 0 Å². The van der Waals surface area contributed by atoms with Crippen molar-refractivity contribution in [2.75, 3.05) is 6.61 Å². The van der Waals surface area contributed by atoms with Crippen LogP contribution in [0.5, 0.6) is 0 Å². The van der Waals surface area contributed by atoms with E-state index >= 15 is 0 Å². The van der Waals surface area contributed by atoms with Crippen LogP contribution in [0.25, 0.3) is 0 Å². The van der Waals surface area contributed by atoms with E-state index in [1.807, 2.05) is 0 Å². The molecule has 1 heterocycles. The van der Waals surface area contributed by atoms with Crippen LogP contribution in [0.15, 0.2) is 0 Å². The van der Waals surface area contributed by atoms with Gasteiger partial charge in [-0.1, -0.05) is 64.8 Å². The second-order valence-electron chi connectivity index (χ2n) is 10.4. The Labute approximate surface area is 223 Å². The second kappa shape index (κ2) is 15.1. The van der Waals surface area contributed by atoms with Gasteiger partial charge in [-0.05, 0) is 76.0 Å². The minimum atomic E-state index is -0.845. The summed E-state index contributed by atoms with van der Waals surface area (Å²) in [6, 6.07) is 0. The third-order valence-electron chi connectivity index (χ3n) is 8.51. The Morgan fingerprint density at radius 1 is 0.889 bits per heavy atom. The molecular weight excluding hydrogens is 456 g/mol. The second-order valence-corrected chi connectivity index (χ2v) is 10.4. The zero-order chi connectivity index (χ0) is 21.6. The quantitative estimate of drug-likeness (QED) is 0.187. The summed E-state index contributed by atoms with van der Waals surface area (Å²) in [6.45, 7) is 8.15. The maximum absolute atomic E-state index is 13.2. The van der Waals surface area contributed by atoms with Gasteiger partial charge in [0, 0.05) is 6.61 Å². The molecule has 216 valence electrons. The number of cyclic esters (lactones) is 2. The van der Waals surface area contributed by atoms with Crippen LogP contribution in [-0.2, 0) is 28.6 Å². The highest BCUT2D eigenvalue weighted by molar-refractivity contribution is 5.99. The monoisotopic (exact) mass is 516 g/mol. The topological polar surface area (TPSA) is 78.9 Å². The fraction of sp³-hybridized carbons (Fsp3) is 0.900. The van der Waals surface area contributed by atoms with Gasteiger partial charge in [-0.3, -0.25) is 14.4 Å². The molecule has 4 saturated carbocycles. The van der Waals surface area contributed by atoms with Crippen LogP contribution in [0.1, 0.15) is 117 Å². The van der Waals surface area contributed by atoms with Gasteiger partial charge < -0.3 is 14.2 Å². The summed E-state index contributed by atoms with van der Waals surface area (Å²) in [4.78, 5) is 38.1. The number of ether oxygens (including phenoxy) is 3. The molecule has 4 unspecified atom stereocenters. The first-order valence-electron chi connectivity index (χ1n) is 11.8. The van der Waals surface area contributed by atoms with Crippen molar-refractivity contribution < 1.29 is 28.6 Å². The van der Waals surface area contributed by atoms with E-state index in [9.17, 15) is 14.4 Å². The van der Waals surface area contributed by atoms with E-state index in [1.54, 1.807) is 13.8 Å². The fourth-order valence-electron chi connectivity index (χ4n) is 6.79. The average molecular weight is 517 g/mol. The first-order valence-corrected chi connectivity index (χ1v) is 11.8. The zero-order valence-electron chi connectivity index (χ0n) is 18.7. The van der Waals surface area contributed by atoms with Crippen LogP contribution in [0.2, 0.25) is 0 Å². The minimum Gasteiger partial charge on any atom is -0.459 e. The number of rotatable bonds is 8. The summed E-state index contributed by atoms with van der Waals surface area (Å²) < 4.78 is 16.9. The first-order chi connectivity index (χ1) is 14.2. The van der Waals surface area contributed by atoms with Crippen molar-refractivity contribution in [2.45, 2.75) is 129 Å². The molecular formula is C30H60O6. The van der Waals surface area contributed by atoms with Crippen molar-refractivity contribution in [3.8, 4) is 0 Å². The Morgan fingerprint density at radius 2 is 1.36 bits per heavy atom. The fourth-order valence-corrected chi connectivity index (χ4v) is 6.79. The van der Waals surface area contributed by atoms with E-state index in [-0.39, 0.29) is 50.5 Å². The summed E-state index contributed by atoms with van der Waals surface area (Å²) in [6.07, 6.45) is 7.27. The molecule has 36 heavy (non-hydrogen) atoms. The van der Waals surface area contributed by atoms with E-state index in [0.717, 1.165) is 50.4 Å². The lowest BCUT2D eigenvalue weighted by Gasteiger charge is -2.59. The summed E-state index contributed by atoms with van der Waals surface area (Å²) in [5.74, 6) is -1.56. The molecule has 4 atom stereocenters. The van der Waals surface area contributed by atoms with Gasteiger partial charge in [-0.15, -0.1) is 0 Å². The van der Waals surface area contributed by atoms with Crippen molar-refractivity contribution in [1.29, 1.82) is 0 Å². The number of hydrogen-bond donors (Lipinski definition) is 0. The summed E-state index contributed by atoms with van der Waals surface area (Å²) in [7, 11) is 0. The molecule has 0 radical (unpaired) electrons. The Kier molecular flexibility index (Phi) is 16.4. The molecule has 0 aromatic heterocycles. The Morgan fingerprint density at radius 3 is 1.83 bits per heavy atom. The predicted octanol–water partition coefficient (Wildman–Crippen LogP) is 7.72. The van der Waals surface area contributed by atoms with Gasteiger partial charge in [-0.25, -0.2) is 0 Å². The molecule has 0 amide bonds. The van der Waals surface area contributed by atoms with Crippen molar-refractivity contribution in [3.63, 3.8) is 0 Å². The lowest BCUT2D eigenvalue weighted by molar-refractivity contribution is -0.208. The lowest BCUT2D eigenvalue weighted by atomic mass is 9.50. The molecule has 4 bridgehead atoms. The van der Waals surface area contributed by atoms with E-state index < -0.39 is 41.4 Å². The third-order valence-corrected chi connectivity index (χ3v) is 8.51. The van der Waals surface area contributed by atoms with Crippen molar-refractivity contribution in [3.05, 3.63) is 0 Å². The van der Waals surface area contributed by atoms with Crippen LogP contribution in [-0.4, -0.2) is 36.2 Å². The van der Waals surface area contributed by atoms with E-state index in [1.165, 1.54) is 6.42 Å². The summed E-state index contributed by atoms with van der Waals surface area (Å²) >= 11 is 0. The van der Waals surface area contributed by atoms with E-state index in [0.29, 0.717) is 18.4 Å². The van der Waals surface area contributed by atoms with Gasteiger partial charge in [0.05, 0.1) is 23.9 Å². The molecule has 0 N–H and O–H groups in total. The maximum atomic E-state index is 13.2. The molecule has 0 aromatic carbocycles. The average Bonchev–Trinajstić information content (AvgIpc) is 2.99. The zero-order valence-corrected chi connectivity index (χ0v) is 18.7. The van der Waals surface area contributed by atoms with Crippen LogP contribution >= 0.6 is 0 Å². The highest BCUT2D eigenvalue weighted by atomic mass is 16.6. The SMILES string of the molecule is C.C.C.C.C.C.CCCCOC(C)C1C(=O)OC(=O)C1C(C)C(=O)OC1(C)C2CC3CC(C2)CC1C3. The maximum Gasteiger partial charge on any atom is 0.320 e. The molecule has 0 aromatic rings. The van der Waals surface area contributed by atoms with Gasteiger partial charge >= 0.3 is 17.9 Å². The smallest absolute Gasteiger partial charge is 0.320 e. The van der Waals surface area contributed by atoms with Crippen LogP contribution in [0.3, 0.4) is 0 Å². The molecule has 5 fully saturated rings. The molecule has 1 aliphatic heterocycles. The molecule has 6 heteroatoms. The molecule has 4 aliphatic carbocycles. The molecule has 0 spiro atoms. The van der Waals surface area contributed by atoms with E-state index in [4.69, 9.17) is 14.2 Å². The normalized spacial score (nSPS) is 34.7. The van der Waals surface area contributed by atoms with Crippen molar-refractivity contribution in [2.24, 2.45) is 41.4 Å². The largest absolute Gasteiger partial charge is 0.459 e. The van der Waals surface area contributed by atoms with Crippen LogP contribution in [0.4, 0.5) is 0 Å². The number of carbonyl (C=O) groups is 3. The Hall–Kier alpha value is -1.43.